The number of ether oxygens (including phenoxy) is 1. The topological polar surface area (TPSA) is 24.5 Å². The van der Waals surface area contributed by atoms with Crippen molar-refractivity contribution in [2.45, 2.75) is 65.0 Å². The Balaban J connectivity index is 2.47. The molecule has 0 aromatic carbocycles. The Morgan fingerprint density at radius 3 is 2.63 bits per heavy atom. The van der Waals surface area contributed by atoms with Gasteiger partial charge in [0.15, 0.2) is 0 Å². The van der Waals surface area contributed by atoms with Gasteiger partial charge in [0, 0.05) is 32.3 Å². The van der Waals surface area contributed by atoms with E-state index in [0.717, 1.165) is 25.1 Å². The van der Waals surface area contributed by atoms with Crippen LogP contribution in [0.5, 0.6) is 0 Å². The number of rotatable bonds is 9. The molecule has 3 heteroatoms. The van der Waals surface area contributed by atoms with Crippen LogP contribution < -0.4 is 5.32 Å². The second-order valence-electron chi connectivity index (χ2n) is 6.19. The summed E-state index contributed by atoms with van der Waals surface area (Å²) in [4.78, 5) is 2.58. The van der Waals surface area contributed by atoms with Crippen molar-refractivity contribution in [2.75, 3.05) is 33.4 Å². The Morgan fingerprint density at radius 2 is 2.00 bits per heavy atom. The van der Waals surface area contributed by atoms with Crippen molar-refractivity contribution >= 4 is 0 Å². The van der Waals surface area contributed by atoms with E-state index in [2.05, 4.69) is 31.0 Å². The van der Waals surface area contributed by atoms with Crippen LogP contribution in [0.1, 0.15) is 52.9 Å². The number of nitrogens with zero attached hydrogens (tertiary/aromatic N) is 1. The average Bonchev–Trinajstić information content (AvgIpc) is 2.41. The summed E-state index contributed by atoms with van der Waals surface area (Å²) in [7, 11) is 1.80. The molecule has 1 aliphatic carbocycles. The third-order valence-corrected chi connectivity index (χ3v) is 4.35. The predicted octanol–water partition coefficient (Wildman–Crippen LogP) is 2.90. The Labute approximate surface area is 120 Å². The van der Waals surface area contributed by atoms with Crippen molar-refractivity contribution in [1.82, 2.24) is 10.2 Å². The van der Waals surface area contributed by atoms with Gasteiger partial charge in [-0.2, -0.15) is 0 Å². The van der Waals surface area contributed by atoms with Crippen molar-refractivity contribution < 1.29 is 4.74 Å². The lowest BCUT2D eigenvalue weighted by atomic mass is 9.83. The van der Waals surface area contributed by atoms with Gasteiger partial charge in [-0.05, 0) is 45.6 Å². The third kappa shape index (κ3) is 6.24. The standard InChI is InChI=1S/C16H34N2O/c1-5-10-17-16-9-7-6-8-15(16)13-18(14(2)3)11-12-19-4/h14-17H,5-13H2,1-4H3. The molecule has 0 aliphatic heterocycles. The Morgan fingerprint density at radius 1 is 1.26 bits per heavy atom. The van der Waals surface area contributed by atoms with Gasteiger partial charge in [0.05, 0.1) is 6.61 Å². The minimum absolute atomic E-state index is 0.615. The highest BCUT2D eigenvalue weighted by Crippen LogP contribution is 2.25. The van der Waals surface area contributed by atoms with Crippen molar-refractivity contribution in [3.05, 3.63) is 0 Å². The van der Waals surface area contributed by atoms with Gasteiger partial charge in [0.2, 0.25) is 0 Å². The molecule has 0 spiro atoms. The van der Waals surface area contributed by atoms with Crippen LogP contribution in [0.15, 0.2) is 0 Å². The molecule has 0 aromatic heterocycles. The molecule has 0 aromatic rings. The zero-order chi connectivity index (χ0) is 14.1. The van der Waals surface area contributed by atoms with Gasteiger partial charge >= 0.3 is 0 Å². The van der Waals surface area contributed by atoms with Crippen LogP contribution in [0.4, 0.5) is 0 Å². The number of hydrogen-bond donors (Lipinski definition) is 1. The maximum absolute atomic E-state index is 5.25. The zero-order valence-electron chi connectivity index (χ0n) is 13.5. The molecular weight excluding hydrogens is 236 g/mol. The summed E-state index contributed by atoms with van der Waals surface area (Å²) in [5, 5.41) is 3.76. The fourth-order valence-electron chi connectivity index (χ4n) is 3.09. The maximum atomic E-state index is 5.25. The highest BCUT2D eigenvalue weighted by molar-refractivity contribution is 4.83. The molecule has 0 radical (unpaired) electrons. The molecule has 0 saturated heterocycles. The minimum Gasteiger partial charge on any atom is -0.383 e. The Hall–Kier alpha value is -0.120. The van der Waals surface area contributed by atoms with Gasteiger partial charge in [0.25, 0.3) is 0 Å². The van der Waals surface area contributed by atoms with E-state index < -0.39 is 0 Å². The summed E-state index contributed by atoms with van der Waals surface area (Å²) in [6.45, 7) is 11.1. The molecule has 3 nitrogen and oxygen atoms in total. The van der Waals surface area contributed by atoms with E-state index in [1.165, 1.54) is 45.2 Å². The van der Waals surface area contributed by atoms with Crippen LogP contribution in [0.3, 0.4) is 0 Å². The molecule has 0 bridgehead atoms. The molecule has 2 unspecified atom stereocenters. The molecule has 0 amide bonds. The molecule has 2 atom stereocenters. The Kier molecular flexibility index (Phi) is 8.67. The van der Waals surface area contributed by atoms with E-state index in [4.69, 9.17) is 4.74 Å². The fourth-order valence-corrected chi connectivity index (χ4v) is 3.09. The van der Waals surface area contributed by atoms with Crippen molar-refractivity contribution in [2.24, 2.45) is 5.92 Å². The quantitative estimate of drug-likeness (QED) is 0.697. The monoisotopic (exact) mass is 270 g/mol. The first-order valence-corrected chi connectivity index (χ1v) is 8.15. The van der Waals surface area contributed by atoms with Crippen LogP contribution >= 0.6 is 0 Å². The summed E-state index contributed by atoms with van der Waals surface area (Å²) >= 11 is 0. The molecule has 19 heavy (non-hydrogen) atoms. The SMILES string of the molecule is CCCNC1CCCCC1CN(CCOC)C(C)C. The lowest BCUT2D eigenvalue weighted by molar-refractivity contribution is 0.0988. The van der Waals surface area contributed by atoms with Gasteiger partial charge < -0.3 is 10.1 Å². The highest BCUT2D eigenvalue weighted by Gasteiger charge is 2.26. The number of methoxy groups -OCH3 is 1. The van der Waals surface area contributed by atoms with Crippen molar-refractivity contribution in [3.8, 4) is 0 Å². The zero-order valence-corrected chi connectivity index (χ0v) is 13.5. The smallest absolute Gasteiger partial charge is 0.0589 e. The molecule has 1 aliphatic rings. The number of hydrogen-bond acceptors (Lipinski definition) is 3. The van der Waals surface area contributed by atoms with Crippen molar-refractivity contribution in [1.29, 1.82) is 0 Å². The van der Waals surface area contributed by atoms with Gasteiger partial charge in [-0.25, -0.2) is 0 Å². The summed E-state index contributed by atoms with van der Waals surface area (Å²) < 4.78 is 5.25. The largest absolute Gasteiger partial charge is 0.383 e. The third-order valence-electron chi connectivity index (χ3n) is 4.35. The van der Waals surface area contributed by atoms with Gasteiger partial charge in [-0.15, -0.1) is 0 Å². The normalized spacial score (nSPS) is 24.3. The molecule has 1 rings (SSSR count). The highest BCUT2D eigenvalue weighted by atomic mass is 16.5. The summed E-state index contributed by atoms with van der Waals surface area (Å²) in [6, 6.07) is 1.35. The number of nitrogens with one attached hydrogen (secondary N) is 1. The fraction of sp³-hybridized carbons (Fsp3) is 1.00. The van der Waals surface area contributed by atoms with Gasteiger partial charge in [-0.3, -0.25) is 4.90 Å². The first kappa shape index (κ1) is 16.9. The lowest BCUT2D eigenvalue weighted by Gasteiger charge is -2.37. The maximum Gasteiger partial charge on any atom is 0.0589 e. The average molecular weight is 270 g/mol. The predicted molar refractivity (Wildman–Crippen MR) is 82.6 cm³/mol. The van der Waals surface area contributed by atoms with Crippen LogP contribution in [0.25, 0.3) is 0 Å². The Bertz CT molecular complexity index is 221. The first-order valence-electron chi connectivity index (χ1n) is 8.15. The van der Waals surface area contributed by atoms with E-state index in [-0.39, 0.29) is 0 Å². The van der Waals surface area contributed by atoms with E-state index in [0.29, 0.717) is 6.04 Å². The summed E-state index contributed by atoms with van der Waals surface area (Å²) in [6.07, 6.45) is 6.79. The molecular formula is C16H34N2O. The van der Waals surface area contributed by atoms with Crippen molar-refractivity contribution in [3.63, 3.8) is 0 Å². The van der Waals surface area contributed by atoms with E-state index in [9.17, 15) is 0 Å². The second kappa shape index (κ2) is 9.73. The van der Waals surface area contributed by atoms with Crippen LogP contribution in [-0.4, -0.2) is 50.3 Å². The molecule has 114 valence electrons. The first-order chi connectivity index (χ1) is 9.19. The lowest BCUT2D eigenvalue weighted by Crippen LogP contribution is -2.46. The van der Waals surface area contributed by atoms with Crippen LogP contribution in [0.2, 0.25) is 0 Å². The molecule has 1 fully saturated rings. The molecule has 0 heterocycles. The van der Waals surface area contributed by atoms with E-state index in [1.807, 2.05) is 0 Å². The summed E-state index contributed by atoms with van der Waals surface area (Å²) in [5.41, 5.74) is 0. The van der Waals surface area contributed by atoms with Gasteiger partial charge in [0.1, 0.15) is 0 Å². The minimum atomic E-state index is 0.615. The van der Waals surface area contributed by atoms with Gasteiger partial charge in [-0.1, -0.05) is 19.8 Å². The molecule has 1 saturated carbocycles. The van der Waals surface area contributed by atoms with E-state index in [1.54, 1.807) is 7.11 Å². The van der Waals surface area contributed by atoms with E-state index >= 15 is 0 Å². The summed E-state index contributed by atoms with van der Waals surface area (Å²) in [5.74, 6) is 0.819. The molecule has 1 N–H and O–H groups in total. The van der Waals surface area contributed by atoms with Crippen LogP contribution in [0, 0.1) is 5.92 Å². The second-order valence-corrected chi connectivity index (χ2v) is 6.19. The van der Waals surface area contributed by atoms with Crippen LogP contribution in [-0.2, 0) is 4.74 Å².